The third-order valence-corrected chi connectivity index (χ3v) is 3.05. The molecule has 0 bridgehead atoms. The number of nitrogens with one attached hydrogen (secondary N) is 1. The monoisotopic (exact) mass is 313 g/mol. The van der Waals surface area contributed by atoms with Crippen LogP contribution in [0.1, 0.15) is 26.2 Å². The summed E-state index contributed by atoms with van der Waals surface area (Å²) in [4.78, 5) is 44.1. The van der Waals surface area contributed by atoms with Crippen LogP contribution in [-0.4, -0.2) is 58.0 Å². The predicted octanol–water partition coefficient (Wildman–Crippen LogP) is -1.26. The summed E-state index contributed by atoms with van der Waals surface area (Å²) >= 11 is 0. The number of aliphatic carboxylic acids is 2. The van der Waals surface area contributed by atoms with Crippen molar-refractivity contribution in [2.45, 2.75) is 38.2 Å². The number of carboxylic acids is 2. The number of amides is 1. The van der Waals surface area contributed by atoms with Crippen LogP contribution < -0.4 is 5.32 Å². The molecule has 1 fully saturated rings. The van der Waals surface area contributed by atoms with Crippen LogP contribution in [0.3, 0.4) is 0 Å². The van der Waals surface area contributed by atoms with Gasteiger partial charge in [0.25, 0.3) is 5.91 Å². The SMILES string of the molecule is CC(=O)C[C@@H]1CC[C@H](NC(=O)/C(=C/C(=O)O)C(=O)O)B(O)O1. The Balaban J connectivity index is 2.67. The first kappa shape index (κ1) is 17.9. The van der Waals surface area contributed by atoms with Crippen LogP contribution in [0.4, 0.5) is 0 Å². The summed E-state index contributed by atoms with van der Waals surface area (Å²) in [5.41, 5.74) is -0.953. The molecule has 0 aromatic carbocycles. The van der Waals surface area contributed by atoms with E-state index < -0.39 is 42.6 Å². The molecular weight excluding hydrogens is 297 g/mol. The molecule has 0 unspecified atom stereocenters. The fourth-order valence-corrected chi connectivity index (χ4v) is 2.08. The maximum atomic E-state index is 11.7. The molecule has 120 valence electrons. The van der Waals surface area contributed by atoms with Crippen LogP contribution in [0.5, 0.6) is 0 Å². The zero-order valence-corrected chi connectivity index (χ0v) is 11.8. The first-order chi connectivity index (χ1) is 10.2. The highest BCUT2D eigenvalue weighted by Gasteiger charge is 2.37. The fraction of sp³-hybridized carbons (Fsp3) is 0.500. The molecule has 1 rings (SSSR count). The first-order valence-electron chi connectivity index (χ1n) is 6.52. The predicted molar refractivity (Wildman–Crippen MR) is 72.7 cm³/mol. The van der Waals surface area contributed by atoms with Crippen LogP contribution in [-0.2, 0) is 23.8 Å². The van der Waals surface area contributed by atoms with Gasteiger partial charge in [0.05, 0.1) is 5.94 Å². The Labute approximate surface area is 126 Å². The summed E-state index contributed by atoms with van der Waals surface area (Å²) in [5, 5.41) is 29.3. The fourth-order valence-electron chi connectivity index (χ4n) is 2.08. The maximum absolute atomic E-state index is 11.7. The molecule has 1 heterocycles. The highest BCUT2D eigenvalue weighted by molar-refractivity contribution is 6.46. The van der Waals surface area contributed by atoms with Gasteiger partial charge in [-0.2, -0.15) is 0 Å². The standard InChI is InChI=1S/C12H16BNO8/c1-6(15)4-7-2-3-9(13(21)22-7)14-11(18)8(12(19)20)5-10(16)17/h5,7,9,21H,2-4H2,1H3,(H,14,18)(H,16,17)(H,19,20)/b8-5-/t7-,9-/m0/s1. The molecule has 0 aromatic heterocycles. The minimum atomic E-state index is -1.69. The molecule has 0 aromatic rings. The number of ketones is 1. The lowest BCUT2D eigenvalue weighted by molar-refractivity contribution is -0.137. The third-order valence-electron chi connectivity index (χ3n) is 3.05. The second kappa shape index (κ2) is 7.71. The van der Waals surface area contributed by atoms with Gasteiger partial charge in [0.1, 0.15) is 11.4 Å². The van der Waals surface area contributed by atoms with Crippen LogP contribution in [0.15, 0.2) is 11.6 Å². The highest BCUT2D eigenvalue weighted by atomic mass is 16.5. The molecule has 0 radical (unpaired) electrons. The van der Waals surface area contributed by atoms with Crippen molar-refractivity contribution >= 4 is 30.7 Å². The van der Waals surface area contributed by atoms with Crippen molar-refractivity contribution in [2.24, 2.45) is 0 Å². The molecule has 9 nitrogen and oxygen atoms in total. The highest BCUT2D eigenvalue weighted by Crippen LogP contribution is 2.19. The zero-order chi connectivity index (χ0) is 16.9. The number of carboxylic acid groups (broad SMARTS) is 2. The van der Waals surface area contributed by atoms with Crippen LogP contribution in [0, 0.1) is 0 Å². The molecule has 1 aliphatic heterocycles. The van der Waals surface area contributed by atoms with Gasteiger partial charge < -0.3 is 25.2 Å². The van der Waals surface area contributed by atoms with Crippen LogP contribution in [0.2, 0.25) is 0 Å². The van der Waals surface area contributed by atoms with Crippen molar-refractivity contribution in [2.75, 3.05) is 0 Å². The summed E-state index contributed by atoms with van der Waals surface area (Å²) in [6.45, 7) is 1.39. The zero-order valence-electron chi connectivity index (χ0n) is 11.8. The van der Waals surface area contributed by atoms with E-state index >= 15 is 0 Å². The van der Waals surface area contributed by atoms with E-state index in [1.807, 2.05) is 0 Å². The third kappa shape index (κ3) is 5.30. The van der Waals surface area contributed by atoms with Gasteiger partial charge in [0.15, 0.2) is 0 Å². The van der Waals surface area contributed by atoms with E-state index in [0.717, 1.165) is 0 Å². The molecule has 10 heteroatoms. The summed E-state index contributed by atoms with van der Waals surface area (Å²) in [6, 6.07) is 0. The molecule has 22 heavy (non-hydrogen) atoms. The van der Waals surface area contributed by atoms with E-state index in [0.29, 0.717) is 6.42 Å². The Hall–Kier alpha value is -2.20. The molecule has 1 saturated heterocycles. The number of Topliss-reactive ketones (excluding diaryl/α,β-unsaturated/α-hetero) is 1. The van der Waals surface area contributed by atoms with Crippen LogP contribution in [0.25, 0.3) is 0 Å². The lowest BCUT2D eigenvalue weighted by atomic mass is 9.72. The molecule has 1 aliphatic rings. The Morgan fingerprint density at radius 3 is 2.36 bits per heavy atom. The summed E-state index contributed by atoms with van der Waals surface area (Å²) in [5.74, 6) is -5.38. The minimum absolute atomic E-state index is 0.0998. The largest absolute Gasteiger partial charge is 0.478 e. The molecule has 1 amide bonds. The molecule has 4 N–H and O–H groups in total. The Kier molecular flexibility index (Phi) is 6.26. The molecule has 2 atom stereocenters. The lowest BCUT2D eigenvalue weighted by Gasteiger charge is -2.31. The van der Waals surface area contributed by atoms with Crippen LogP contribution >= 0.6 is 0 Å². The number of hydrogen-bond donors (Lipinski definition) is 4. The quantitative estimate of drug-likeness (QED) is 0.205. The second-order valence-corrected chi connectivity index (χ2v) is 4.91. The van der Waals surface area contributed by atoms with E-state index in [-0.39, 0.29) is 24.7 Å². The topological polar surface area (TPSA) is 150 Å². The second-order valence-electron chi connectivity index (χ2n) is 4.91. The van der Waals surface area contributed by atoms with E-state index in [1.54, 1.807) is 0 Å². The number of hydrogen-bond acceptors (Lipinski definition) is 6. The average Bonchev–Trinajstić information content (AvgIpc) is 2.37. The first-order valence-corrected chi connectivity index (χ1v) is 6.52. The van der Waals surface area contributed by atoms with Gasteiger partial charge in [0, 0.05) is 18.6 Å². The van der Waals surface area contributed by atoms with Gasteiger partial charge in [-0.3, -0.25) is 9.59 Å². The molecule has 0 aliphatic carbocycles. The van der Waals surface area contributed by atoms with Crippen molar-refractivity contribution in [3.63, 3.8) is 0 Å². The van der Waals surface area contributed by atoms with Crippen molar-refractivity contribution in [1.82, 2.24) is 5.32 Å². The Bertz CT molecular complexity index is 517. The van der Waals surface area contributed by atoms with Gasteiger partial charge in [-0.15, -0.1) is 0 Å². The Morgan fingerprint density at radius 1 is 1.27 bits per heavy atom. The lowest BCUT2D eigenvalue weighted by Crippen LogP contribution is -2.53. The van der Waals surface area contributed by atoms with Gasteiger partial charge in [-0.1, -0.05) is 0 Å². The van der Waals surface area contributed by atoms with Crippen molar-refractivity contribution in [3.05, 3.63) is 11.6 Å². The van der Waals surface area contributed by atoms with E-state index in [2.05, 4.69) is 5.32 Å². The molecule has 0 saturated carbocycles. The summed E-state index contributed by atoms with van der Waals surface area (Å²) < 4.78 is 5.17. The maximum Gasteiger partial charge on any atom is 0.478 e. The minimum Gasteiger partial charge on any atom is -0.478 e. The van der Waals surface area contributed by atoms with Crippen molar-refractivity contribution in [1.29, 1.82) is 0 Å². The van der Waals surface area contributed by atoms with Gasteiger partial charge in [-0.05, 0) is 19.8 Å². The summed E-state index contributed by atoms with van der Waals surface area (Å²) in [7, 11) is -1.40. The van der Waals surface area contributed by atoms with Crippen molar-refractivity contribution in [3.8, 4) is 0 Å². The van der Waals surface area contributed by atoms with Gasteiger partial charge in [0.2, 0.25) is 0 Å². The molecular formula is C12H16BNO8. The normalized spacial score (nSPS) is 22.1. The smallest absolute Gasteiger partial charge is 0.478 e. The van der Waals surface area contributed by atoms with Gasteiger partial charge >= 0.3 is 19.1 Å². The summed E-state index contributed by atoms with van der Waals surface area (Å²) in [6.07, 6.45) is 0.606. The average molecular weight is 313 g/mol. The number of carbonyl (C=O) groups is 4. The number of carbonyl (C=O) groups excluding carboxylic acids is 2. The number of rotatable bonds is 6. The van der Waals surface area contributed by atoms with E-state index in [1.165, 1.54) is 6.92 Å². The van der Waals surface area contributed by atoms with E-state index in [4.69, 9.17) is 14.9 Å². The van der Waals surface area contributed by atoms with Crippen molar-refractivity contribution < 1.29 is 39.1 Å². The van der Waals surface area contributed by atoms with E-state index in [9.17, 15) is 24.2 Å². The Morgan fingerprint density at radius 2 is 1.91 bits per heavy atom. The molecule has 0 spiro atoms. The van der Waals surface area contributed by atoms with Gasteiger partial charge in [-0.25, -0.2) is 9.59 Å².